The molecule has 1 amide bonds. The Hall–Kier alpha value is -2.37. The van der Waals surface area contributed by atoms with Crippen LogP contribution in [0.25, 0.3) is 0 Å². The van der Waals surface area contributed by atoms with E-state index in [1.54, 1.807) is 32.4 Å². The second-order valence-corrected chi connectivity index (χ2v) is 4.42. The van der Waals surface area contributed by atoms with Crippen molar-refractivity contribution in [1.82, 2.24) is 15.0 Å². The fraction of sp³-hybridized carbons (Fsp3) is 0.308. The summed E-state index contributed by atoms with van der Waals surface area (Å²) >= 11 is 0. The quantitative estimate of drug-likeness (QED) is 0.905. The molecule has 0 aliphatic heterocycles. The highest BCUT2D eigenvalue weighted by atomic mass is 16.5. The van der Waals surface area contributed by atoms with Crippen LogP contribution in [0.4, 0.5) is 5.82 Å². The molecule has 6 nitrogen and oxygen atoms in total. The van der Waals surface area contributed by atoms with Crippen molar-refractivity contribution in [2.24, 2.45) is 0 Å². The number of carbonyl (C=O) groups excluding carboxylic acids is 1. The van der Waals surface area contributed by atoms with Gasteiger partial charge >= 0.3 is 0 Å². The second kappa shape index (κ2) is 5.51. The van der Waals surface area contributed by atoms with Gasteiger partial charge in [0.1, 0.15) is 5.82 Å². The Kier molecular flexibility index (Phi) is 3.79. The molecule has 2 rings (SSSR count). The third-order valence-electron chi connectivity index (χ3n) is 2.54. The van der Waals surface area contributed by atoms with Crippen LogP contribution in [0.1, 0.15) is 21.8 Å². The summed E-state index contributed by atoms with van der Waals surface area (Å²) in [4.78, 5) is 17.4. The standard InChI is InChI=1S/C13H16N4O2/c1-9-6-11(19-16-9)8-15-12-5-4-10(7-14-12)13(18)17(2)3/h4-7H,8H2,1-3H3,(H,14,15). The smallest absolute Gasteiger partial charge is 0.254 e. The van der Waals surface area contributed by atoms with Crippen LogP contribution in [0.2, 0.25) is 0 Å². The number of carbonyl (C=O) groups is 1. The van der Waals surface area contributed by atoms with E-state index in [-0.39, 0.29) is 5.91 Å². The van der Waals surface area contributed by atoms with Crippen LogP contribution < -0.4 is 5.32 Å². The van der Waals surface area contributed by atoms with Crippen molar-refractivity contribution in [3.8, 4) is 0 Å². The Labute approximate surface area is 111 Å². The SMILES string of the molecule is Cc1cc(CNc2ccc(C(=O)N(C)C)cn2)on1. The minimum Gasteiger partial charge on any atom is -0.363 e. The van der Waals surface area contributed by atoms with Gasteiger partial charge in [0.15, 0.2) is 5.76 Å². The molecule has 0 unspecified atom stereocenters. The predicted molar refractivity (Wildman–Crippen MR) is 70.8 cm³/mol. The number of nitrogens with zero attached hydrogens (tertiary/aromatic N) is 3. The second-order valence-electron chi connectivity index (χ2n) is 4.42. The van der Waals surface area contributed by atoms with Crippen molar-refractivity contribution in [1.29, 1.82) is 0 Å². The van der Waals surface area contributed by atoms with Crippen LogP contribution in [0.3, 0.4) is 0 Å². The zero-order valence-corrected chi connectivity index (χ0v) is 11.2. The van der Waals surface area contributed by atoms with E-state index in [0.717, 1.165) is 11.5 Å². The number of anilines is 1. The molecule has 6 heteroatoms. The Morgan fingerprint density at radius 3 is 2.74 bits per heavy atom. The van der Waals surface area contributed by atoms with Gasteiger partial charge < -0.3 is 14.7 Å². The third-order valence-corrected chi connectivity index (χ3v) is 2.54. The molecule has 0 bridgehead atoms. The molecule has 2 aromatic rings. The largest absolute Gasteiger partial charge is 0.363 e. The molecule has 0 aromatic carbocycles. The van der Waals surface area contributed by atoms with E-state index < -0.39 is 0 Å². The number of hydrogen-bond donors (Lipinski definition) is 1. The molecule has 0 radical (unpaired) electrons. The lowest BCUT2D eigenvalue weighted by molar-refractivity contribution is 0.0827. The van der Waals surface area contributed by atoms with Crippen LogP contribution in [-0.2, 0) is 6.54 Å². The van der Waals surface area contributed by atoms with E-state index in [0.29, 0.717) is 17.9 Å². The Morgan fingerprint density at radius 2 is 2.21 bits per heavy atom. The van der Waals surface area contributed by atoms with Gasteiger partial charge in [-0.1, -0.05) is 5.16 Å². The van der Waals surface area contributed by atoms with Gasteiger partial charge in [0, 0.05) is 26.4 Å². The Balaban J connectivity index is 1.97. The molecular formula is C13H16N4O2. The van der Waals surface area contributed by atoms with E-state index in [4.69, 9.17) is 4.52 Å². The molecule has 100 valence electrons. The number of aromatic nitrogens is 2. The number of aryl methyl sites for hydroxylation is 1. The van der Waals surface area contributed by atoms with E-state index in [1.165, 1.54) is 4.90 Å². The fourth-order valence-corrected chi connectivity index (χ4v) is 1.56. The highest BCUT2D eigenvalue weighted by Crippen LogP contribution is 2.09. The predicted octanol–water partition coefficient (Wildman–Crippen LogP) is 1.69. The monoisotopic (exact) mass is 260 g/mol. The number of amides is 1. The summed E-state index contributed by atoms with van der Waals surface area (Å²) in [5.41, 5.74) is 1.41. The van der Waals surface area contributed by atoms with Crippen molar-refractivity contribution in [3.63, 3.8) is 0 Å². The van der Waals surface area contributed by atoms with Crippen molar-refractivity contribution in [3.05, 3.63) is 41.4 Å². The summed E-state index contributed by atoms with van der Waals surface area (Å²) < 4.78 is 5.08. The Bertz CT molecular complexity index is 560. The van der Waals surface area contributed by atoms with Gasteiger partial charge in [-0.25, -0.2) is 4.98 Å². The molecule has 19 heavy (non-hydrogen) atoms. The lowest BCUT2D eigenvalue weighted by atomic mass is 10.2. The number of pyridine rings is 1. The molecular weight excluding hydrogens is 244 g/mol. The average molecular weight is 260 g/mol. The molecule has 1 N–H and O–H groups in total. The minimum atomic E-state index is -0.0649. The lowest BCUT2D eigenvalue weighted by Crippen LogP contribution is -2.21. The van der Waals surface area contributed by atoms with E-state index in [2.05, 4.69) is 15.5 Å². The summed E-state index contributed by atoms with van der Waals surface area (Å²) in [5, 5.41) is 6.90. The number of hydrogen-bond acceptors (Lipinski definition) is 5. The number of rotatable bonds is 4. The summed E-state index contributed by atoms with van der Waals surface area (Å²) in [6, 6.07) is 5.36. The first-order chi connectivity index (χ1) is 9.06. The van der Waals surface area contributed by atoms with Gasteiger partial charge in [-0.2, -0.15) is 0 Å². The molecule has 0 aliphatic carbocycles. The lowest BCUT2D eigenvalue weighted by Gasteiger charge is -2.10. The zero-order valence-electron chi connectivity index (χ0n) is 11.2. The highest BCUT2D eigenvalue weighted by Gasteiger charge is 2.08. The number of nitrogens with one attached hydrogen (secondary N) is 1. The molecule has 0 atom stereocenters. The van der Waals surface area contributed by atoms with Crippen molar-refractivity contribution >= 4 is 11.7 Å². The molecule has 2 heterocycles. The first kappa shape index (κ1) is 13.1. The van der Waals surface area contributed by atoms with Gasteiger partial charge in [-0.15, -0.1) is 0 Å². The summed E-state index contributed by atoms with van der Waals surface area (Å²) in [6.07, 6.45) is 1.55. The van der Waals surface area contributed by atoms with Crippen LogP contribution in [0.15, 0.2) is 28.9 Å². The van der Waals surface area contributed by atoms with E-state index >= 15 is 0 Å². The molecule has 2 aromatic heterocycles. The zero-order chi connectivity index (χ0) is 13.8. The topological polar surface area (TPSA) is 71.3 Å². The van der Waals surface area contributed by atoms with Crippen LogP contribution >= 0.6 is 0 Å². The molecule has 0 saturated carbocycles. The molecule has 0 aliphatic rings. The van der Waals surface area contributed by atoms with Crippen LogP contribution in [0.5, 0.6) is 0 Å². The molecule has 0 saturated heterocycles. The maximum absolute atomic E-state index is 11.7. The molecule has 0 spiro atoms. The molecule has 0 fully saturated rings. The van der Waals surface area contributed by atoms with Gasteiger partial charge in [-0.05, 0) is 19.1 Å². The van der Waals surface area contributed by atoms with Crippen molar-refractivity contribution in [2.45, 2.75) is 13.5 Å². The maximum atomic E-state index is 11.7. The van der Waals surface area contributed by atoms with Gasteiger partial charge in [-0.3, -0.25) is 4.79 Å². The normalized spacial score (nSPS) is 10.3. The maximum Gasteiger partial charge on any atom is 0.254 e. The van der Waals surface area contributed by atoms with E-state index in [1.807, 2.05) is 13.0 Å². The first-order valence-electron chi connectivity index (χ1n) is 5.90. The minimum absolute atomic E-state index is 0.0649. The first-order valence-corrected chi connectivity index (χ1v) is 5.90. The highest BCUT2D eigenvalue weighted by molar-refractivity contribution is 5.93. The van der Waals surface area contributed by atoms with Gasteiger partial charge in [0.25, 0.3) is 5.91 Å². The Morgan fingerprint density at radius 1 is 1.42 bits per heavy atom. The summed E-state index contributed by atoms with van der Waals surface area (Å²) in [6.45, 7) is 2.38. The van der Waals surface area contributed by atoms with Crippen molar-refractivity contribution < 1.29 is 9.32 Å². The van der Waals surface area contributed by atoms with Crippen molar-refractivity contribution in [2.75, 3.05) is 19.4 Å². The average Bonchev–Trinajstić information content (AvgIpc) is 2.82. The third kappa shape index (κ3) is 3.31. The summed E-state index contributed by atoms with van der Waals surface area (Å²) in [5.74, 6) is 1.36. The fourth-order valence-electron chi connectivity index (χ4n) is 1.56. The van der Waals surface area contributed by atoms with Gasteiger partial charge in [0.05, 0.1) is 17.8 Å². The van der Waals surface area contributed by atoms with Gasteiger partial charge in [0.2, 0.25) is 0 Å². The van der Waals surface area contributed by atoms with Crippen LogP contribution in [0, 0.1) is 6.92 Å². The van der Waals surface area contributed by atoms with E-state index in [9.17, 15) is 4.79 Å². The van der Waals surface area contributed by atoms with Crippen LogP contribution in [-0.4, -0.2) is 35.0 Å². The summed E-state index contributed by atoms with van der Waals surface area (Å²) in [7, 11) is 3.42.